The van der Waals surface area contributed by atoms with Crippen LogP contribution in [-0.2, 0) is 0 Å². The number of rotatable bonds is 9. The molecule has 3 N–H and O–H groups in total. The lowest BCUT2D eigenvalue weighted by atomic mass is 10.3. The standard InChI is InChI=1S/C16H29N5/c1-4-14(3)21-16(17-5-2)20-13-9-8-12-19-15-10-6-7-11-18-15/h6-7,10-11,14H,4-5,8-9,12-13H2,1-3H3,(H,18,19)(H2,17,20,21). The fourth-order valence-electron chi connectivity index (χ4n) is 1.77. The fraction of sp³-hybridized carbons (Fsp3) is 0.625. The van der Waals surface area contributed by atoms with Crippen LogP contribution in [0.25, 0.3) is 0 Å². The predicted octanol–water partition coefficient (Wildman–Crippen LogP) is 2.63. The van der Waals surface area contributed by atoms with Crippen molar-refractivity contribution in [1.82, 2.24) is 15.6 Å². The number of hydrogen-bond donors (Lipinski definition) is 3. The third-order valence-electron chi connectivity index (χ3n) is 3.17. The van der Waals surface area contributed by atoms with E-state index in [1.807, 2.05) is 18.2 Å². The summed E-state index contributed by atoms with van der Waals surface area (Å²) in [7, 11) is 0. The second kappa shape index (κ2) is 10.9. The molecule has 0 bridgehead atoms. The second-order valence-corrected chi connectivity index (χ2v) is 5.06. The molecule has 0 radical (unpaired) electrons. The van der Waals surface area contributed by atoms with Gasteiger partial charge in [0.05, 0.1) is 0 Å². The zero-order valence-corrected chi connectivity index (χ0v) is 13.5. The van der Waals surface area contributed by atoms with Crippen molar-refractivity contribution in [3.8, 4) is 0 Å². The first-order valence-corrected chi connectivity index (χ1v) is 7.96. The molecular formula is C16H29N5. The van der Waals surface area contributed by atoms with Gasteiger partial charge in [0.25, 0.3) is 0 Å². The molecule has 118 valence electrons. The molecule has 21 heavy (non-hydrogen) atoms. The summed E-state index contributed by atoms with van der Waals surface area (Å²) in [6.45, 7) is 9.10. The molecule has 0 aromatic carbocycles. The van der Waals surface area contributed by atoms with E-state index in [1.165, 1.54) is 0 Å². The first-order valence-electron chi connectivity index (χ1n) is 7.96. The Balaban J connectivity index is 2.18. The molecule has 1 heterocycles. The number of aromatic nitrogens is 1. The summed E-state index contributed by atoms with van der Waals surface area (Å²) in [4.78, 5) is 8.83. The molecule has 0 aliphatic heterocycles. The Labute approximate surface area is 128 Å². The van der Waals surface area contributed by atoms with Gasteiger partial charge in [0, 0.05) is 31.9 Å². The van der Waals surface area contributed by atoms with Crippen LogP contribution in [-0.4, -0.2) is 36.6 Å². The summed E-state index contributed by atoms with van der Waals surface area (Å²) in [5.41, 5.74) is 0. The van der Waals surface area contributed by atoms with Gasteiger partial charge in [-0.05, 0) is 45.2 Å². The van der Waals surface area contributed by atoms with Crippen molar-refractivity contribution in [3.05, 3.63) is 24.4 Å². The van der Waals surface area contributed by atoms with Gasteiger partial charge in [0.1, 0.15) is 5.82 Å². The lowest BCUT2D eigenvalue weighted by molar-refractivity contribution is 0.623. The maximum Gasteiger partial charge on any atom is 0.191 e. The number of unbranched alkanes of at least 4 members (excludes halogenated alkanes) is 1. The third kappa shape index (κ3) is 8.17. The van der Waals surface area contributed by atoms with Crippen molar-refractivity contribution >= 4 is 11.8 Å². The SMILES string of the molecule is CCNC(=NCCCCNc1ccccn1)NC(C)CC. The van der Waals surface area contributed by atoms with Crippen LogP contribution >= 0.6 is 0 Å². The zero-order chi connectivity index (χ0) is 15.3. The van der Waals surface area contributed by atoms with E-state index in [0.29, 0.717) is 6.04 Å². The van der Waals surface area contributed by atoms with Gasteiger partial charge in [-0.15, -0.1) is 0 Å². The van der Waals surface area contributed by atoms with Gasteiger partial charge in [-0.3, -0.25) is 4.99 Å². The Morgan fingerprint density at radius 2 is 2.14 bits per heavy atom. The smallest absolute Gasteiger partial charge is 0.191 e. The van der Waals surface area contributed by atoms with Crippen LogP contribution in [0.2, 0.25) is 0 Å². The van der Waals surface area contributed by atoms with Crippen LogP contribution in [0.3, 0.4) is 0 Å². The Morgan fingerprint density at radius 1 is 1.29 bits per heavy atom. The Bertz CT molecular complexity index is 391. The van der Waals surface area contributed by atoms with Gasteiger partial charge in [-0.1, -0.05) is 13.0 Å². The van der Waals surface area contributed by atoms with Gasteiger partial charge in [-0.2, -0.15) is 0 Å². The second-order valence-electron chi connectivity index (χ2n) is 5.06. The number of nitrogens with one attached hydrogen (secondary N) is 3. The fourth-order valence-corrected chi connectivity index (χ4v) is 1.77. The van der Waals surface area contributed by atoms with Crippen molar-refractivity contribution in [3.63, 3.8) is 0 Å². The quantitative estimate of drug-likeness (QED) is 0.372. The number of guanidine groups is 1. The summed E-state index contributed by atoms with van der Waals surface area (Å²) in [6, 6.07) is 6.35. The number of nitrogens with zero attached hydrogens (tertiary/aromatic N) is 2. The van der Waals surface area contributed by atoms with Crippen molar-refractivity contribution in [2.45, 2.75) is 46.1 Å². The minimum absolute atomic E-state index is 0.452. The molecule has 5 nitrogen and oxygen atoms in total. The van der Waals surface area contributed by atoms with E-state index in [1.54, 1.807) is 6.20 Å². The molecule has 1 unspecified atom stereocenters. The highest BCUT2D eigenvalue weighted by molar-refractivity contribution is 5.79. The van der Waals surface area contributed by atoms with Gasteiger partial charge in [0.2, 0.25) is 0 Å². The van der Waals surface area contributed by atoms with Gasteiger partial charge < -0.3 is 16.0 Å². The average Bonchev–Trinajstić information content (AvgIpc) is 2.51. The molecule has 1 aromatic rings. The maximum absolute atomic E-state index is 4.60. The molecule has 1 aromatic heterocycles. The Hall–Kier alpha value is -1.78. The monoisotopic (exact) mass is 291 g/mol. The minimum Gasteiger partial charge on any atom is -0.370 e. The van der Waals surface area contributed by atoms with Crippen LogP contribution in [0, 0.1) is 0 Å². The maximum atomic E-state index is 4.60. The van der Waals surface area contributed by atoms with E-state index in [-0.39, 0.29) is 0 Å². The third-order valence-corrected chi connectivity index (χ3v) is 3.17. The summed E-state index contributed by atoms with van der Waals surface area (Å²) in [5.74, 6) is 1.86. The Morgan fingerprint density at radius 3 is 2.81 bits per heavy atom. The average molecular weight is 291 g/mol. The molecule has 1 atom stereocenters. The summed E-state index contributed by atoms with van der Waals surface area (Å²) in [6.07, 6.45) is 5.05. The summed E-state index contributed by atoms with van der Waals surface area (Å²) >= 11 is 0. The molecule has 0 amide bonds. The topological polar surface area (TPSA) is 61.3 Å². The molecule has 1 rings (SSSR count). The zero-order valence-electron chi connectivity index (χ0n) is 13.5. The number of hydrogen-bond acceptors (Lipinski definition) is 3. The molecule has 0 spiro atoms. The number of aliphatic imine (C=N–C) groups is 1. The van der Waals surface area contributed by atoms with Crippen LogP contribution in [0.5, 0.6) is 0 Å². The van der Waals surface area contributed by atoms with Gasteiger partial charge in [0.15, 0.2) is 5.96 Å². The van der Waals surface area contributed by atoms with Crippen molar-refractivity contribution in [2.24, 2.45) is 4.99 Å². The van der Waals surface area contributed by atoms with E-state index in [4.69, 9.17) is 0 Å². The molecule has 0 aliphatic rings. The summed E-state index contributed by atoms with van der Waals surface area (Å²) in [5, 5.41) is 9.98. The van der Waals surface area contributed by atoms with E-state index >= 15 is 0 Å². The molecule has 5 heteroatoms. The molecule has 0 fully saturated rings. The highest BCUT2D eigenvalue weighted by Gasteiger charge is 2.01. The number of pyridine rings is 1. The largest absolute Gasteiger partial charge is 0.370 e. The first kappa shape index (κ1) is 17.3. The lowest BCUT2D eigenvalue weighted by Gasteiger charge is -2.16. The minimum atomic E-state index is 0.452. The van der Waals surface area contributed by atoms with Crippen LogP contribution < -0.4 is 16.0 Å². The predicted molar refractivity (Wildman–Crippen MR) is 90.8 cm³/mol. The van der Waals surface area contributed by atoms with Crippen LogP contribution in [0.15, 0.2) is 29.4 Å². The first-order chi connectivity index (χ1) is 10.3. The van der Waals surface area contributed by atoms with E-state index < -0.39 is 0 Å². The highest BCUT2D eigenvalue weighted by atomic mass is 15.2. The Kier molecular flexibility index (Phi) is 9.00. The van der Waals surface area contributed by atoms with E-state index in [2.05, 4.69) is 46.7 Å². The summed E-state index contributed by atoms with van der Waals surface area (Å²) < 4.78 is 0. The molecule has 0 aliphatic carbocycles. The van der Waals surface area contributed by atoms with E-state index in [9.17, 15) is 0 Å². The molecule has 0 saturated carbocycles. The lowest BCUT2D eigenvalue weighted by Crippen LogP contribution is -2.42. The van der Waals surface area contributed by atoms with E-state index in [0.717, 1.165) is 50.7 Å². The van der Waals surface area contributed by atoms with Gasteiger partial charge >= 0.3 is 0 Å². The number of anilines is 1. The van der Waals surface area contributed by atoms with Gasteiger partial charge in [-0.25, -0.2) is 4.98 Å². The van der Waals surface area contributed by atoms with Crippen molar-refractivity contribution in [1.29, 1.82) is 0 Å². The van der Waals surface area contributed by atoms with Crippen molar-refractivity contribution in [2.75, 3.05) is 25.0 Å². The normalized spacial score (nSPS) is 12.8. The van der Waals surface area contributed by atoms with Crippen molar-refractivity contribution < 1.29 is 0 Å². The molecular weight excluding hydrogens is 262 g/mol. The molecule has 0 saturated heterocycles. The van der Waals surface area contributed by atoms with Crippen LogP contribution in [0.1, 0.15) is 40.0 Å². The highest BCUT2D eigenvalue weighted by Crippen LogP contribution is 2.00. The van der Waals surface area contributed by atoms with Crippen LogP contribution in [0.4, 0.5) is 5.82 Å².